The first kappa shape index (κ1) is 24.8. The molecule has 3 atom stereocenters. The van der Waals surface area contributed by atoms with Gasteiger partial charge >= 0.3 is 0 Å². The van der Waals surface area contributed by atoms with Crippen molar-refractivity contribution >= 4 is 17.5 Å². The molecule has 7 nitrogen and oxygen atoms in total. The Hall–Kier alpha value is -3.84. The first-order valence-electron chi connectivity index (χ1n) is 12.9. The van der Waals surface area contributed by atoms with E-state index in [-0.39, 0.29) is 18.4 Å². The molecule has 37 heavy (non-hydrogen) atoms. The second-order valence-corrected chi connectivity index (χ2v) is 9.25. The molecule has 5 rings (SSSR count). The summed E-state index contributed by atoms with van der Waals surface area (Å²) in [5.41, 5.74) is 2.50. The zero-order chi connectivity index (χ0) is 25.8. The maximum atomic E-state index is 13.8. The number of para-hydroxylation sites is 1. The highest BCUT2D eigenvalue weighted by atomic mass is 16.7. The first-order chi connectivity index (χ1) is 18.1. The van der Waals surface area contributed by atoms with Crippen LogP contribution in [0.15, 0.2) is 78.9 Å². The lowest BCUT2D eigenvalue weighted by atomic mass is 9.90. The highest BCUT2D eigenvalue weighted by molar-refractivity contribution is 6.07. The quantitative estimate of drug-likeness (QED) is 0.278. The largest absolute Gasteiger partial charge is 0.490 e. The third-order valence-corrected chi connectivity index (χ3v) is 6.77. The van der Waals surface area contributed by atoms with Crippen molar-refractivity contribution in [3.8, 4) is 11.5 Å². The second-order valence-electron chi connectivity index (χ2n) is 9.25. The number of benzene rings is 3. The van der Waals surface area contributed by atoms with Crippen molar-refractivity contribution in [3.05, 3.63) is 90.0 Å². The lowest BCUT2D eigenvalue weighted by molar-refractivity contribution is -0.143. The van der Waals surface area contributed by atoms with E-state index in [1.54, 1.807) is 5.06 Å². The van der Waals surface area contributed by atoms with Crippen LogP contribution in [0, 0.1) is 5.92 Å². The minimum Gasteiger partial charge on any atom is -0.490 e. The molecule has 7 heteroatoms. The summed E-state index contributed by atoms with van der Waals surface area (Å²) in [4.78, 5) is 34.8. The minimum atomic E-state index is -0.891. The van der Waals surface area contributed by atoms with Crippen LogP contribution in [0.5, 0.6) is 11.5 Å². The van der Waals surface area contributed by atoms with E-state index in [4.69, 9.17) is 14.3 Å². The van der Waals surface area contributed by atoms with Crippen LogP contribution in [0.2, 0.25) is 0 Å². The molecular formula is C30H32N2O5. The predicted octanol–water partition coefficient (Wildman–Crippen LogP) is 5.31. The molecule has 0 radical (unpaired) electrons. The Balaban J connectivity index is 1.51. The molecule has 0 spiro atoms. The van der Waals surface area contributed by atoms with E-state index in [2.05, 4.69) is 6.92 Å². The monoisotopic (exact) mass is 500 g/mol. The van der Waals surface area contributed by atoms with Crippen LogP contribution >= 0.6 is 0 Å². The van der Waals surface area contributed by atoms with Crippen LogP contribution in [-0.2, 0) is 21.0 Å². The number of nitrogens with zero attached hydrogens (tertiary/aromatic N) is 2. The third kappa shape index (κ3) is 4.91. The molecule has 2 saturated heterocycles. The molecule has 0 N–H and O–H groups in total. The van der Waals surface area contributed by atoms with Gasteiger partial charge in [0.1, 0.15) is 5.92 Å². The standard InChI is InChI=1S/C30H32N2O5/c1-3-5-18-36-24-17-16-22(19-25(24)35-4-2)27-26-28(37-32(27)23-14-10-7-11-15-23)30(34)31(29(26)33)20-21-12-8-6-9-13-21/h6-17,19,26-28H,3-5,18,20H2,1-2H3. The number of anilines is 1. The number of likely N-dealkylation sites (tertiary alicyclic amines) is 1. The summed E-state index contributed by atoms with van der Waals surface area (Å²) < 4.78 is 11.9. The Morgan fingerprint density at radius 1 is 0.838 bits per heavy atom. The van der Waals surface area contributed by atoms with Gasteiger partial charge in [-0.2, -0.15) is 0 Å². The fraction of sp³-hybridized carbons (Fsp3) is 0.333. The molecule has 2 fully saturated rings. The highest BCUT2D eigenvalue weighted by Gasteiger charge is 2.59. The van der Waals surface area contributed by atoms with Crippen molar-refractivity contribution in [2.75, 3.05) is 18.3 Å². The van der Waals surface area contributed by atoms with Crippen molar-refractivity contribution < 1.29 is 23.9 Å². The number of hydrogen-bond acceptors (Lipinski definition) is 6. The average molecular weight is 501 g/mol. The van der Waals surface area contributed by atoms with Crippen LogP contribution in [0.3, 0.4) is 0 Å². The van der Waals surface area contributed by atoms with Gasteiger partial charge in [0.25, 0.3) is 5.91 Å². The van der Waals surface area contributed by atoms with E-state index >= 15 is 0 Å². The molecule has 2 amide bonds. The number of carbonyl (C=O) groups is 2. The molecule has 0 aliphatic carbocycles. The van der Waals surface area contributed by atoms with Crippen molar-refractivity contribution in [1.29, 1.82) is 0 Å². The lowest BCUT2D eigenvalue weighted by Crippen LogP contribution is -2.36. The number of amides is 2. The van der Waals surface area contributed by atoms with Crippen LogP contribution in [0.25, 0.3) is 0 Å². The molecule has 0 aromatic heterocycles. The fourth-order valence-electron chi connectivity index (χ4n) is 4.95. The van der Waals surface area contributed by atoms with E-state index in [9.17, 15) is 9.59 Å². The second kappa shape index (κ2) is 11.0. The topological polar surface area (TPSA) is 68.3 Å². The molecule has 0 bridgehead atoms. The van der Waals surface area contributed by atoms with Gasteiger partial charge in [0, 0.05) is 0 Å². The number of ether oxygens (including phenoxy) is 2. The molecule has 2 aliphatic rings. The van der Waals surface area contributed by atoms with Crippen molar-refractivity contribution in [3.63, 3.8) is 0 Å². The van der Waals surface area contributed by atoms with E-state index in [1.807, 2.05) is 85.8 Å². The van der Waals surface area contributed by atoms with Crippen LogP contribution < -0.4 is 14.5 Å². The van der Waals surface area contributed by atoms with Gasteiger partial charge in [-0.05, 0) is 48.7 Å². The van der Waals surface area contributed by atoms with Gasteiger partial charge in [0.15, 0.2) is 17.6 Å². The van der Waals surface area contributed by atoms with Gasteiger partial charge in [-0.25, -0.2) is 5.06 Å². The Kier molecular flexibility index (Phi) is 7.42. The molecule has 3 aromatic carbocycles. The molecule has 3 unspecified atom stereocenters. The van der Waals surface area contributed by atoms with E-state index < -0.39 is 18.1 Å². The van der Waals surface area contributed by atoms with E-state index in [0.717, 1.165) is 29.7 Å². The lowest BCUT2D eigenvalue weighted by Gasteiger charge is -2.29. The summed E-state index contributed by atoms with van der Waals surface area (Å²) in [6.07, 6.45) is 1.09. The molecule has 2 heterocycles. The van der Waals surface area contributed by atoms with Gasteiger partial charge in [-0.1, -0.05) is 67.9 Å². The average Bonchev–Trinajstić information content (AvgIpc) is 3.43. The van der Waals surface area contributed by atoms with Crippen LogP contribution in [-0.4, -0.2) is 36.0 Å². The summed E-state index contributed by atoms with van der Waals surface area (Å²) in [6, 6.07) is 24.3. The summed E-state index contributed by atoms with van der Waals surface area (Å²) in [5, 5.41) is 1.70. The van der Waals surface area contributed by atoms with Crippen LogP contribution in [0.4, 0.5) is 5.69 Å². The Morgan fingerprint density at radius 2 is 1.57 bits per heavy atom. The molecule has 0 saturated carbocycles. The number of carbonyl (C=O) groups excluding carboxylic acids is 2. The molecule has 3 aromatic rings. The van der Waals surface area contributed by atoms with Gasteiger partial charge < -0.3 is 9.47 Å². The third-order valence-electron chi connectivity index (χ3n) is 6.77. The summed E-state index contributed by atoms with van der Waals surface area (Å²) in [7, 11) is 0. The van der Waals surface area contributed by atoms with Crippen LogP contribution in [0.1, 0.15) is 43.9 Å². The Morgan fingerprint density at radius 3 is 2.27 bits per heavy atom. The minimum absolute atomic E-state index is 0.224. The van der Waals surface area contributed by atoms with Crippen molar-refractivity contribution in [2.45, 2.75) is 45.4 Å². The molecule has 192 valence electrons. The van der Waals surface area contributed by atoms with E-state index in [0.29, 0.717) is 24.7 Å². The van der Waals surface area contributed by atoms with Gasteiger partial charge in [-0.3, -0.25) is 19.3 Å². The maximum Gasteiger partial charge on any atom is 0.262 e. The molecule has 2 aliphatic heterocycles. The molecular weight excluding hydrogens is 468 g/mol. The first-order valence-corrected chi connectivity index (χ1v) is 12.9. The van der Waals surface area contributed by atoms with Crippen molar-refractivity contribution in [2.24, 2.45) is 5.92 Å². The van der Waals surface area contributed by atoms with Crippen molar-refractivity contribution in [1.82, 2.24) is 4.90 Å². The number of hydroxylamine groups is 1. The zero-order valence-corrected chi connectivity index (χ0v) is 21.2. The number of unbranched alkanes of at least 4 members (excludes halogenated alkanes) is 1. The SMILES string of the molecule is CCCCOc1ccc(C2C3C(=O)N(Cc4ccccc4)C(=O)C3ON2c2ccccc2)cc1OCC. The van der Waals surface area contributed by atoms with Gasteiger partial charge in [-0.15, -0.1) is 0 Å². The maximum absolute atomic E-state index is 13.8. The number of imide groups is 1. The van der Waals surface area contributed by atoms with Gasteiger partial charge in [0.05, 0.1) is 31.5 Å². The summed E-state index contributed by atoms with van der Waals surface area (Å²) in [6.45, 7) is 5.34. The van der Waals surface area contributed by atoms with E-state index in [1.165, 1.54) is 4.90 Å². The van der Waals surface area contributed by atoms with Gasteiger partial charge in [0.2, 0.25) is 5.91 Å². The number of rotatable bonds is 10. The fourth-order valence-corrected chi connectivity index (χ4v) is 4.95. The summed E-state index contributed by atoms with van der Waals surface area (Å²) >= 11 is 0. The smallest absolute Gasteiger partial charge is 0.262 e. The highest BCUT2D eigenvalue weighted by Crippen LogP contribution is 2.48. The Bertz CT molecular complexity index is 1230. The summed E-state index contributed by atoms with van der Waals surface area (Å²) in [5.74, 6) is 0.0545. The normalized spacial score (nSPS) is 20.9. The number of fused-ring (bicyclic) bond motifs is 1. The Labute approximate surface area is 217 Å². The number of hydrogen-bond donors (Lipinski definition) is 0. The predicted molar refractivity (Wildman–Crippen MR) is 140 cm³/mol. The zero-order valence-electron chi connectivity index (χ0n) is 21.2.